The molecule has 0 atom stereocenters. The summed E-state index contributed by atoms with van der Waals surface area (Å²) in [4.78, 5) is 15.0. The number of aryl methyl sites for hydroxylation is 1. The van der Waals surface area contributed by atoms with E-state index in [1.807, 2.05) is 6.92 Å². The first-order chi connectivity index (χ1) is 9.10. The number of nitrogens with zero attached hydrogens (tertiary/aromatic N) is 2. The number of hydrogen-bond acceptors (Lipinski definition) is 5. The van der Waals surface area contributed by atoms with Gasteiger partial charge >= 0.3 is 5.97 Å². The quantitative estimate of drug-likeness (QED) is 0.912. The Balaban J connectivity index is 2.16. The number of carboxylic acids is 1. The zero-order valence-electron chi connectivity index (χ0n) is 10.1. The summed E-state index contributed by atoms with van der Waals surface area (Å²) in [6.45, 7) is 2.04. The first kappa shape index (κ1) is 13.8. The lowest BCUT2D eigenvalue weighted by molar-refractivity contribution is 0.0697. The van der Waals surface area contributed by atoms with E-state index in [0.29, 0.717) is 10.9 Å². The summed E-state index contributed by atoms with van der Waals surface area (Å²) in [7, 11) is 0. The maximum Gasteiger partial charge on any atom is 0.335 e. The molecule has 0 fully saturated rings. The number of halogens is 1. The van der Waals surface area contributed by atoms with Crippen molar-refractivity contribution in [2.75, 3.05) is 0 Å². The van der Waals surface area contributed by atoms with Gasteiger partial charge in [0.15, 0.2) is 0 Å². The molecule has 7 heteroatoms. The number of hydrogen-bond donors (Lipinski definition) is 1. The highest BCUT2D eigenvalue weighted by molar-refractivity contribution is 7.07. The van der Waals surface area contributed by atoms with E-state index in [9.17, 15) is 4.79 Å². The van der Waals surface area contributed by atoms with Crippen LogP contribution in [-0.2, 0) is 6.42 Å². The Morgan fingerprint density at radius 3 is 2.95 bits per heavy atom. The molecule has 0 unspecified atom stereocenters. The van der Waals surface area contributed by atoms with Crippen molar-refractivity contribution in [3.05, 3.63) is 34.6 Å². The lowest BCUT2D eigenvalue weighted by Gasteiger charge is -2.04. The first-order valence-corrected chi connectivity index (χ1v) is 6.78. The van der Waals surface area contributed by atoms with E-state index in [1.54, 1.807) is 0 Å². The van der Waals surface area contributed by atoms with Gasteiger partial charge in [-0.15, -0.1) is 0 Å². The van der Waals surface area contributed by atoms with Crippen molar-refractivity contribution in [2.45, 2.75) is 19.8 Å². The molecule has 1 aromatic carbocycles. The number of benzene rings is 1. The van der Waals surface area contributed by atoms with Gasteiger partial charge < -0.3 is 9.84 Å². The topological polar surface area (TPSA) is 72.3 Å². The molecular formula is C12H11ClN2O3S. The smallest absolute Gasteiger partial charge is 0.335 e. The van der Waals surface area contributed by atoms with E-state index in [-0.39, 0.29) is 10.6 Å². The molecular weight excluding hydrogens is 288 g/mol. The Bertz CT molecular complexity index is 600. The number of aromatic carboxylic acids is 1. The molecule has 2 aromatic rings. The molecule has 2 rings (SSSR count). The van der Waals surface area contributed by atoms with Gasteiger partial charge in [0.2, 0.25) is 0 Å². The van der Waals surface area contributed by atoms with E-state index < -0.39 is 5.97 Å². The van der Waals surface area contributed by atoms with E-state index in [0.717, 1.165) is 30.2 Å². The minimum absolute atomic E-state index is 0.112. The summed E-state index contributed by atoms with van der Waals surface area (Å²) in [5.41, 5.74) is 0.112. The molecule has 1 aromatic heterocycles. The van der Waals surface area contributed by atoms with Gasteiger partial charge in [0, 0.05) is 18.0 Å². The van der Waals surface area contributed by atoms with Gasteiger partial charge in [-0.05, 0) is 24.6 Å². The molecule has 0 aliphatic carbocycles. The van der Waals surface area contributed by atoms with Crippen molar-refractivity contribution < 1.29 is 14.6 Å². The monoisotopic (exact) mass is 298 g/mol. The summed E-state index contributed by atoms with van der Waals surface area (Å²) in [5.74, 6) is 0.0706. The molecule has 0 saturated carbocycles. The number of carboxylic acid groups (broad SMARTS) is 1. The van der Waals surface area contributed by atoms with Crippen LogP contribution in [-0.4, -0.2) is 20.4 Å². The van der Waals surface area contributed by atoms with Gasteiger partial charge in [-0.25, -0.2) is 4.79 Å². The third-order valence-electron chi connectivity index (χ3n) is 2.30. The second-order valence-corrected chi connectivity index (χ2v) is 4.90. The van der Waals surface area contributed by atoms with Crippen molar-refractivity contribution in [3.63, 3.8) is 0 Å². The third-order valence-corrected chi connectivity index (χ3v) is 3.23. The largest absolute Gasteiger partial charge is 0.478 e. The summed E-state index contributed by atoms with van der Waals surface area (Å²) < 4.78 is 9.64. The Morgan fingerprint density at radius 2 is 2.32 bits per heavy atom. The minimum Gasteiger partial charge on any atom is -0.478 e. The third kappa shape index (κ3) is 3.42. The van der Waals surface area contributed by atoms with Gasteiger partial charge in [-0.1, -0.05) is 18.5 Å². The molecule has 0 bridgehead atoms. The van der Waals surface area contributed by atoms with Gasteiger partial charge in [-0.2, -0.15) is 9.36 Å². The molecule has 0 spiro atoms. The van der Waals surface area contributed by atoms with Crippen LogP contribution in [0.3, 0.4) is 0 Å². The highest BCUT2D eigenvalue weighted by Gasteiger charge is 2.11. The highest BCUT2D eigenvalue weighted by Crippen LogP contribution is 2.31. The van der Waals surface area contributed by atoms with Gasteiger partial charge in [0.1, 0.15) is 11.6 Å². The lowest BCUT2D eigenvalue weighted by atomic mass is 10.2. The van der Waals surface area contributed by atoms with Gasteiger partial charge in [0.05, 0.1) is 10.6 Å². The van der Waals surface area contributed by atoms with Crippen LogP contribution in [0.25, 0.3) is 0 Å². The Hall–Kier alpha value is -1.66. The molecule has 5 nitrogen and oxygen atoms in total. The molecule has 0 radical (unpaired) electrons. The van der Waals surface area contributed by atoms with E-state index in [4.69, 9.17) is 21.4 Å². The number of ether oxygens (including phenoxy) is 1. The molecule has 100 valence electrons. The average Bonchev–Trinajstić information content (AvgIpc) is 2.79. The van der Waals surface area contributed by atoms with Crippen LogP contribution in [0, 0.1) is 0 Å². The number of carbonyl (C=O) groups is 1. The summed E-state index contributed by atoms with van der Waals surface area (Å²) in [6.07, 6.45) is 1.76. The van der Waals surface area contributed by atoms with E-state index >= 15 is 0 Å². The van der Waals surface area contributed by atoms with Crippen LogP contribution in [0.2, 0.25) is 5.02 Å². The Kier molecular flexibility index (Phi) is 4.34. The standard InChI is InChI=1S/C12H11ClN2O3S/c1-2-3-10-14-12(19-15-10)18-9-5-4-7(11(16)17)6-8(9)13/h4-6H,2-3H2,1H3,(H,16,17). The minimum atomic E-state index is -1.03. The van der Waals surface area contributed by atoms with Crippen LogP contribution in [0.15, 0.2) is 18.2 Å². The fourth-order valence-corrected chi connectivity index (χ4v) is 2.22. The van der Waals surface area contributed by atoms with Crippen molar-refractivity contribution in [2.24, 2.45) is 0 Å². The van der Waals surface area contributed by atoms with Crippen LogP contribution in [0.5, 0.6) is 10.9 Å². The number of rotatable bonds is 5. The average molecular weight is 299 g/mol. The SMILES string of the molecule is CCCc1nsc(Oc2ccc(C(=O)O)cc2Cl)n1. The van der Waals surface area contributed by atoms with Crippen molar-refractivity contribution in [1.29, 1.82) is 0 Å². The predicted octanol–water partition coefficient (Wildman–Crippen LogP) is 3.63. The zero-order chi connectivity index (χ0) is 13.8. The second-order valence-electron chi connectivity index (χ2n) is 3.78. The maximum atomic E-state index is 10.8. The van der Waals surface area contributed by atoms with Gasteiger partial charge in [-0.3, -0.25) is 0 Å². The zero-order valence-corrected chi connectivity index (χ0v) is 11.7. The lowest BCUT2D eigenvalue weighted by Crippen LogP contribution is -1.96. The van der Waals surface area contributed by atoms with Crippen molar-refractivity contribution in [3.8, 4) is 10.9 Å². The molecule has 1 N–H and O–H groups in total. The summed E-state index contributed by atoms with van der Waals surface area (Å²) in [6, 6.07) is 4.28. The second kappa shape index (κ2) is 5.99. The first-order valence-electron chi connectivity index (χ1n) is 5.63. The summed E-state index contributed by atoms with van der Waals surface area (Å²) in [5, 5.41) is 9.46. The van der Waals surface area contributed by atoms with Crippen molar-refractivity contribution in [1.82, 2.24) is 9.36 Å². The van der Waals surface area contributed by atoms with Gasteiger partial charge in [0.25, 0.3) is 5.19 Å². The molecule has 1 heterocycles. The molecule has 19 heavy (non-hydrogen) atoms. The fraction of sp³-hybridized carbons (Fsp3) is 0.250. The van der Waals surface area contributed by atoms with Crippen LogP contribution >= 0.6 is 23.1 Å². The Morgan fingerprint density at radius 1 is 1.53 bits per heavy atom. The normalized spacial score (nSPS) is 10.4. The Labute approximate surface area is 119 Å². The maximum absolute atomic E-state index is 10.8. The summed E-state index contributed by atoms with van der Waals surface area (Å²) >= 11 is 7.10. The number of aromatic nitrogens is 2. The molecule has 0 aliphatic rings. The van der Waals surface area contributed by atoms with E-state index in [2.05, 4.69) is 9.36 Å². The van der Waals surface area contributed by atoms with Crippen molar-refractivity contribution >= 4 is 29.1 Å². The van der Waals surface area contributed by atoms with Crippen LogP contribution in [0.4, 0.5) is 0 Å². The predicted molar refractivity (Wildman–Crippen MR) is 72.4 cm³/mol. The molecule has 0 aliphatic heterocycles. The molecule has 0 amide bonds. The highest BCUT2D eigenvalue weighted by atomic mass is 35.5. The van der Waals surface area contributed by atoms with Crippen LogP contribution in [0.1, 0.15) is 29.5 Å². The molecule has 0 saturated heterocycles. The fourth-order valence-electron chi connectivity index (χ4n) is 1.42. The van der Waals surface area contributed by atoms with E-state index in [1.165, 1.54) is 18.2 Å². The van der Waals surface area contributed by atoms with Crippen LogP contribution < -0.4 is 4.74 Å².